The number of benzene rings is 1. The average Bonchev–Trinajstić information content (AvgIpc) is 2.45. The van der Waals surface area contributed by atoms with Gasteiger partial charge in [-0.05, 0) is 31.4 Å². The van der Waals surface area contributed by atoms with Gasteiger partial charge in [0.2, 0.25) is 0 Å². The Bertz CT molecular complexity index is 482. The Hall–Kier alpha value is -2.37. The molecule has 1 atom stereocenters. The number of unbranched alkanes of at least 4 members (excludes halogenated alkanes) is 2. The summed E-state index contributed by atoms with van der Waals surface area (Å²) >= 11 is 0. The molecule has 0 saturated heterocycles. The first-order valence-corrected chi connectivity index (χ1v) is 6.71. The van der Waals surface area contributed by atoms with Crippen LogP contribution in [0.3, 0.4) is 0 Å². The van der Waals surface area contributed by atoms with Gasteiger partial charge in [0, 0.05) is 6.42 Å². The van der Waals surface area contributed by atoms with Crippen LogP contribution in [0, 0.1) is 0 Å². The molecule has 1 aromatic rings. The maximum absolute atomic E-state index is 11.8. The molecule has 6 nitrogen and oxygen atoms in total. The number of carbonyl (C=O) groups is 3. The summed E-state index contributed by atoms with van der Waals surface area (Å²) in [6.07, 6.45) is 0.580. The van der Waals surface area contributed by atoms with Crippen molar-refractivity contribution < 1.29 is 29.3 Å². The zero-order valence-electron chi connectivity index (χ0n) is 11.5. The quantitative estimate of drug-likeness (QED) is 0.535. The highest BCUT2D eigenvalue weighted by Gasteiger charge is 2.22. The molecule has 0 spiro atoms. The molecule has 6 heteroatoms. The van der Waals surface area contributed by atoms with E-state index in [2.05, 4.69) is 0 Å². The molecule has 0 amide bonds. The topological polar surface area (TPSA) is 101 Å². The second-order valence-electron chi connectivity index (χ2n) is 4.59. The summed E-state index contributed by atoms with van der Waals surface area (Å²) in [4.78, 5) is 33.2. The number of ether oxygens (including phenoxy) is 1. The van der Waals surface area contributed by atoms with Gasteiger partial charge in [0.15, 0.2) is 6.10 Å². The smallest absolute Gasteiger partial charge is 0.345 e. The zero-order chi connectivity index (χ0) is 15.7. The van der Waals surface area contributed by atoms with Crippen molar-refractivity contribution in [3.8, 4) is 0 Å². The summed E-state index contributed by atoms with van der Waals surface area (Å²) in [6.45, 7) is 0. The van der Waals surface area contributed by atoms with Crippen LogP contribution in [0.5, 0.6) is 0 Å². The van der Waals surface area contributed by atoms with E-state index in [1.807, 2.05) is 0 Å². The van der Waals surface area contributed by atoms with E-state index in [1.165, 1.54) is 0 Å². The van der Waals surface area contributed by atoms with Crippen molar-refractivity contribution in [2.24, 2.45) is 0 Å². The monoisotopic (exact) mass is 294 g/mol. The van der Waals surface area contributed by atoms with Gasteiger partial charge in [-0.25, -0.2) is 9.59 Å². The number of rotatable bonds is 9. The van der Waals surface area contributed by atoms with Gasteiger partial charge in [-0.1, -0.05) is 24.6 Å². The first-order chi connectivity index (χ1) is 10.0. The van der Waals surface area contributed by atoms with Crippen molar-refractivity contribution in [2.45, 2.75) is 38.2 Å². The van der Waals surface area contributed by atoms with Crippen LogP contribution in [0.4, 0.5) is 0 Å². The third kappa shape index (κ3) is 6.56. The number of carboxylic acids is 2. The van der Waals surface area contributed by atoms with Crippen LogP contribution in [-0.4, -0.2) is 34.2 Å². The second kappa shape index (κ2) is 8.73. The average molecular weight is 294 g/mol. The van der Waals surface area contributed by atoms with Crippen molar-refractivity contribution in [3.05, 3.63) is 35.9 Å². The van der Waals surface area contributed by atoms with E-state index < -0.39 is 24.0 Å². The number of hydrogen-bond acceptors (Lipinski definition) is 4. The van der Waals surface area contributed by atoms with E-state index in [-0.39, 0.29) is 12.8 Å². The van der Waals surface area contributed by atoms with E-state index in [1.54, 1.807) is 30.3 Å². The van der Waals surface area contributed by atoms with Crippen LogP contribution in [0.2, 0.25) is 0 Å². The summed E-state index contributed by atoms with van der Waals surface area (Å²) in [6, 6.07) is 8.17. The molecular formula is C15H18O6. The van der Waals surface area contributed by atoms with E-state index >= 15 is 0 Å². The molecular weight excluding hydrogens is 276 g/mol. The molecule has 0 aliphatic carbocycles. The number of hydrogen-bond donors (Lipinski definition) is 2. The van der Waals surface area contributed by atoms with Gasteiger partial charge in [-0.2, -0.15) is 0 Å². The van der Waals surface area contributed by atoms with Crippen molar-refractivity contribution in [1.82, 2.24) is 0 Å². The fourth-order valence-corrected chi connectivity index (χ4v) is 1.79. The second-order valence-corrected chi connectivity index (χ2v) is 4.59. The summed E-state index contributed by atoms with van der Waals surface area (Å²) in [7, 11) is 0. The molecule has 21 heavy (non-hydrogen) atoms. The highest BCUT2D eigenvalue weighted by molar-refractivity contribution is 5.91. The lowest BCUT2D eigenvalue weighted by Gasteiger charge is -2.13. The lowest BCUT2D eigenvalue weighted by Crippen LogP contribution is -2.27. The minimum Gasteiger partial charge on any atom is -0.481 e. The van der Waals surface area contributed by atoms with E-state index in [9.17, 15) is 14.4 Å². The Morgan fingerprint density at radius 1 is 1.00 bits per heavy atom. The lowest BCUT2D eigenvalue weighted by molar-refractivity contribution is -0.147. The molecule has 0 bridgehead atoms. The number of carbonyl (C=O) groups excluding carboxylic acids is 1. The molecule has 0 heterocycles. The predicted molar refractivity (Wildman–Crippen MR) is 74.0 cm³/mol. The van der Waals surface area contributed by atoms with Gasteiger partial charge in [-0.3, -0.25) is 4.79 Å². The van der Waals surface area contributed by atoms with Gasteiger partial charge in [0.05, 0.1) is 5.56 Å². The normalized spacial score (nSPS) is 11.6. The number of aliphatic carboxylic acids is 2. The summed E-state index contributed by atoms with van der Waals surface area (Å²) < 4.78 is 4.97. The zero-order valence-corrected chi connectivity index (χ0v) is 11.5. The Kier molecular flexibility index (Phi) is 6.94. The fraction of sp³-hybridized carbons (Fsp3) is 0.400. The van der Waals surface area contributed by atoms with Crippen molar-refractivity contribution in [1.29, 1.82) is 0 Å². The fourth-order valence-electron chi connectivity index (χ4n) is 1.79. The molecule has 2 N–H and O–H groups in total. The van der Waals surface area contributed by atoms with Gasteiger partial charge < -0.3 is 14.9 Å². The first-order valence-electron chi connectivity index (χ1n) is 6.71. The largest absolute Gasteiger partial charge is 0.481 e. The first kappa shape index (κ1) is 16.7. The molecule has 1 rings (SSSR count). The Morgan fingerprint density at radius 3 is 2.24 bits per heavy atom. The van der Waals surface area contributed by atoms with Crippen LogP contribution in [0.25, 0.3) is 0 Å². The van der Waals surface area contributed by atoms with Crippen LogP contribution >= 0.6 is 0 Å². The van der Waals surface area contributed by atoms with Crippen molar-refractivity contribution in [3.63, 3.8) is 0 Å². The van der Waals surface area contributed by atoms with Gasteiger partial charge in [-0.15, -0.1) is 0 Å². The van der Waals surface area contributed by atoms with Crippen LogP contribution < -0.4 is 0 Å². The summed E-state index contributed by atoms with van der Waals surface area (Å²) in [5.74, 6) is -2.74. The van der Waals surface area contributed by atoms with Gasteiger partial charge in [0.25, 0.3) is 0 Å². The van der Waals surface area contributed by atoms with Crippen LogP contribution in [0.1, 0.15) is 42.5 Å². The SMILES string of the molecule is O=C(O)CCCCCC(OC(=O)c1ccccc1)C(=O)O. The van der Waals surface area contributed by atoms with Crippen molar-refractivity contribution in [2.75, 3.05) is 0 Å². The van der Waals surface area contributed by atoms with Crippen LogP contribution in [-0.2, 0) is 14.3 Å². The molecule has 0 aliphatic rings. The predicted octanol–water partition coefficient (Wildman–Crippen LogP) is 2.33. The van der Waals surface area contributed by atoms with Crippen LogP contribution in [0.15, 0.2) is 30.3 Å². The molecule has 1 aromatic carbocycles. The van der Waals surface area contributed by atoms with Gasteiger partial charge >= 0.3 is 17.9 Å². The summed E-state index contributed by atoms with van der Waals surface area (Å²) in [5, 5.41) is 17.5. The third-order valence-corrected chi connectivity index (χ3v) is 2.89. The van der Waals surface area contributed by atoms with E-state index in [0.29, 0.717) is 24.8 Å². The Morgan fingerprint density at radius 2 is 1.67 bits per heavy atom. The van der Waals surface area contributed by atoms with E-state index in [4.69, 9.17) is 14.9 Å². The van der Waals surface area contributed by atoms with Gasteiger partial charge in [0.1, 0.15) is 0 Å². The minimum absolute atomic E-state index is 0.0571. The Balaban J connectivity index is 2.41. The molecule has 114 valence electrons. The molecule has 0 aromatic heterocycles. The molecule has 0 radical (unpaired) electrons. The number of carboxylic acid groups (broad SMARTS) is 2. The lowest BCUT2D eigenvalue weighted by atomic mass is 10.1. The maximum atomic E-state index is 11.8. The Labute approximate surface area is 122 Å². The molecule has 1 unspecified atom stereocenters. The molecule has 0 aliphatic heterocycles. The summed E-state index contributed by atoms with van der Waals surface area (Å²) in [5.41, 5.74) is 0.301. The standard InChI is InChI=1S/C15H18O6/c16-13(17)10-6-2-5-9-12(14(18)19)21-15(20)11-7-3-1-4-8-11/h1,3-4,7-8,12H,2,5-6,9-10H2,(H,16,17)(H,18,19). The maximum Gasteiger partial charge on any atom is 0.345 e. The number of esters is 1. The third-order valence-electron chi connectivity index (χ3n) is 2.89. The van der Waals surface area contributed by atoms with E-state index in [0.717, 1.165) is 0 Å². The molecule has 0 fully saturated rings. The molecule has 0 saturated carbocycles. The highest BCUT2D eigenvalue weighted by atomic mass is 16.6. The minimum atomic E-state index is -1.21. The van der Waals surface area contributed by atoms with Crippen molar-refractivity contribution >= 4 is 17.9 Å². The highest BCUT2D eigenvalue weighted by Crippen LogP contribution is 2.11.